The van der Waals surface area contributed by atoms with E-state index in [1.807, 2.05) is 62.4 Å². The number of aryl methyl sites for hydroxylation is 1. The fourth-order valence-corrected chi connectivity index (χ4v) is 4.07. The van der Waals surface area contributed by atoms with E-state index in [9.17, 15) is 4.79 Å². The summed E-state index contributed by atoms with van der Waals surface area (Å²) in [6.07, 6.45) is 0. The fraction of sp³-hybridized carbons (Fsp3) is 0.304. The van der Waals surface area contributed by atoms with Gasteiger partial charge in [0, 0.05) is 23.7 Å². The highest BCUT2D eigenvalue weighted by Crippen LogP contribution is 2.29. The molecule has 1 aromatic heterocycles. The van der Waals surface area contributed by atoms with Gasteiger partial charge in [0.2, 0.25) is 0 Å². The van der Waals surface area contributed by atoms with Crippen LogP contribution in [0.2, 0.25) is 5.02 Å². The van der Waals surface area contributed by atoms with Crippen molar-refractivity contribution in [3.8, 4) is 10.6 Å². The normalized spacial score (nSPS) is 10.9. The molecule has 0 aliphatic carbocycles. The minimum atomic E-state index is -0.128. The van der Waals surface area contributed by atoms with Gasteiger partial charge in [-0.1, -0.05) is 48.0 Å². The van der Waals surface area contributed by atoms with Crippen LogP contribution in [0.1, 0.15) is 33.4 Å². The predicted molar refractivity (Wildman–Crippen MR) is 121 cm³/mol. The van der Waals surface area contributed by atoms with Gasteiger partial charge in [-0.25, -0.2) is 4.98 Å². The molecule has 0 unspecified atom stereocenters. The van der Waals surface area contributed by atoms with E-state index < -0.39 is 0 Å². The minimum Gasteiger partial charge on any atom is -0.379 e. The third-order valence-electron chi connectivity index (χ3n) is 4.36. The van der Waals surface area contributed by atoms with Gasteiger partial charge in [0.25, 0.3) is 5.91 Å². The summed E-state index contributed by atoms with van der Waals surface area (Å²) in [5, 5.41) is 4.42. The number of rotatable bonds is 10. The summed E-state index contributed by atoms with van der Waals surface area (Å²) in [4.78, 5) is 17.9. The van der Waals surface area contributed by atoms with Crippen molar-refractivity contribution in [2.75, 3.05) is 19.8 Å². The maximum absolute atomic E-state index is 12.7. The van der Waals surface area contributed by atoms with Crippen molar-refractivity contribution < 1.29 is 14.3 Å². The van der Waals surface area contributed by atoms with Crippen molar-refractivity contribution in [1.82, 2.24) is 10.3 Å². The third kappa shape index (κ3) is 6.37. The second-order valence-electron chi connectivity index (χ2n) is 6.70. The molecule has 1 heterocycles. The van der Waals surface area contributed by atoms with E-state index in [1.165, 1.54) is 11.3 Å². The lowest BCUT2D eigenvalue weighted by atomic mass is 10.1. The Bertz CT molecular complexity index is 990. The number of halogens is 1. The zero-order valence-corrected chi connectivity index (χ0v) is 18.7. The monoisotopic (exact) mass is 444 g/mol. The Morgan fingerprint density at radius 1 is 1.10 bits per heavy atom. The van der Waals surface area contributed by atoms with Crippen LogP contribution in [0, 0.1) is 6.92 Å². The smallest absolute Gasteiger partial charge is 0.263 e. The quantitative estimate of drug-likeness (QED) is 0.433. The predicted octanol–water partition coefficient (Wildman–Crippen LogP) is 5.26. The topological polar surface area (TPSA) is 60.5 Å². The minimum absolute atomic E-state index is 0.128. The summed E-state index contributed by atoms with van der Waals surface area (Å²) < 4.78 is 10.9. The van der Waals surface area contributed by atoms with E-state index in [0.717, 1.165) is 21.7 Å². The number of nitrogens with zero attached hydrogens (tertiary/aromatic N) is 1. The summed E-state index contributed by atoms with van der Waals surface area (Å²) in [6, 6.07) is 15.5. The Hall–Kier alpha value is -2.25. The zero-order valence-electron chi connectivity index (χ0n) is 17.1. The van der Waals surface area contributed by atoms with E-state index in [1.54, 1.807) is 0 Å². The van der Waals surface area contributed by atoms with Crippen molar-refractivity contribution in [3.05, 3.63) is 75.3 Å². The highest BCUT2D eigenvalue weighted by molar-refractivity contribution is 7.17. The molecule has 5 nitrogen and oxygen atoms in total. The lowest BCUT2D eigenvalue weighted by Gasteiger charge is -2.08. The van der Waals surface area contributed by atoms with Gasteiger partial charge in [0.1, 0.15) is 9.88 Å². The molecule has 0 saturated heterocycles. The van der Waals surface area contributed by atoms with Gasteiger partial charge in [-0.2, -0.15) is 0 Å². The molecule has 0 radical (unpaired) electrons. The van der Waals surface area contributed by atoms with Crippen LogP contribution in [0.4, 0.5) is 0 Å². The second-order valence-corrected chi connectivity index (χ2v) is 8.13. The molecule has 3 aromatic rings. The number of carbonyl (C=O) groups excluding carboxylic acids is 1. The summed E-state index contributed by atoms with van der Waals surface area (Å²) in [6.45, 7) is 6.62. The van der Waals surface area contributed by atoms with Crippen LogP contribution in [0.3, 0.4) is 0 Å². The number of amides is 1. The average Bonchev–Trinajstić information content (AvgIpc) is 3.14. The number of thiazole rings is 1. The molecule has 1 N–H and O–H groups in total. The Labute approximate surface area is 186 Å². The first-order valence-corrected chi connectivity index (χ1v) is 11.0. The number of hydrogen-bond acceptors (Lipinski definition) is 5. The number of aromatic nitrogens is 1. The SMILES string of the molecule is CCOCCOCc1cccc(CNC(=O)c2sc(-c3cccc(Cl)c3)nc2C)c1. The average molecular weight is 445 g/mol. The van der Waals surface area contributed by atoms with Gasteiger partial charge >= 0.3 is 0 Å². The van der Waals surface area contributed by atoms with Crippen LogP contribution < -0.4 is 5.32 Å². The summed E-state index contributed by atoms with van der Waals surface area (Å²) in [5.41, 5.74) is 3.71. The molecule has 30 heavy (non-hydrogen) atoms. The molecule has 0 spiro atoms. The standard InChI is InChI=1S/C23H25ClN2O3S/c1-3-28-10-11-29-15-18-7-4-6-17(12-18)14-25-22(27)21-16(2)26-23(30-21)19-8-5-9-20(24)13-19/h4-9,12-13H,3,10-11,14-15H2,1-2H3,(H,25,27). The van der Waals surface area contributed by atoms with Crippen LogP contribution in [0.5, 0.6) is 0 Å². The van der Waals surface area contributed by atoms with Crippen molar-refractivity contribution in [2.24, 2.45) is 0 Å². The van der Waals surface area contributed by atoms with Gasteiger partial charge in [0.05, 0.1) is 25.5 Å². The van der Waals surface area contributed by atoms with Gasteiger partial charge in [0.15, 0.2) is 0 Å². The number of ether oxygens (including phenoxy) is 2. The Morgan fingerprint density at radius 2 is 1.87 bits per heavy atom. The van der Waals surface area contributed by atoms with E-state index in [4.69, 9.17) is 21.1 Å². The van der Waals surface area contributed by atoms with Crippen molar-refractivity contribution in [2.45, 2.75) is 27.0 Å². The summed E-state index contributed by atoms with van der Waals surface area (Å²) in [5.74, 6) is -0.128. The van der Waals surface area contributed by atoms with Crippen molar-refractivity contribution in [1.29, 1.82) is 0 Å². The van der Waals surface area contributed by atoms with Crippen LogP contribution in [-0.2, 0) is 22.6 Å². The van der Waals surface area contributed by atoms with Gasteiger partial charge < -0.3 is 14.8 Å². The van der Waals surface area contributed by atoms with Gasteiger partial charge in [-0.05, 0) is 37.1 Å². The Morgan fingerprint density at radius 3 is 2.67 bits per heavy atom. The Balaban J connectivity index is 1.57. The van der Waals surface area contributed by atoms with Gasteiger partial charge in [-0.3, -0.25) is 4.79 Å². The molecule has 2 aromatic carbocycles. The highest BCUT2D eigenvalue weighted by Gasteiger charge is 2.16. The number of hydrogen-bond donors (Lipinski definition) is 1. The van der Waals surface area contributed by atoms with Crippen molar-refractivity contribution in [3.63, 3.8) is 0 Å². The van der Waals surface area contributed by atoms with E-state index >= 15 is 0 Å². The molecular formula is C23H25ClN2O3S. The van der Waals surface area contributed by atoms with Crippen LogP contribution in [0.15, 0.2) is 48.5 Å². The van der Waals surface area contributed by atoms with Crippen LogP contribution in [0.25, 0.3) is 10.6 Å². The number of benzene rings is 2. The molecule has 0 bridgehead atoms. The molecule has 1 amide bonds. The molecule has 7 heteroatoms. The van der Waals surface area contributed by atoms with E-state index in [-0.39, 0.29) is 5.91 Å². The van der Waals surface area contributed by atoms with Crippen LogP contribution in [-0.4, -0.2) is 30.7 Å². The maximum Gasteiger partial charge on any atom is 0.263 e. The third-order valence-corrected chi connectivity index (χ3v) is 5.80. The first-order chi connectivity index (χ1) is 14.6. The van der Waals surface area contributed by atoms with Gasteiger partial charge in [-0.15, -0.1) is 11.3 Å². The molecule has 0 saturated carbocycles. The zero-order chi connectivity index (χ0) is 21.3. The maximum atomic E-state index is 12.7. The molecule has 158 valence electrons. The lowest BCUT2D eigenvalue weighted by molar-refractivity contribution is 0.0453. The first-order valence-electron chi connectivity index (χ1n) is 9.81. The molecule has 0 aliphatic heterocycles. The molecule has 0 atom stereocenters. The molecule has 0 aliphatic rings. The Kier molecular flexibility index (Phi) is 8.39. The highest BCUT2D eigenvalue weighted by atomic mass is 35.5. The molecule has 0 fully saturated rings. The number of nitrogens with one attached hydrogen (secondary N) is 1. The summed E-state index contributed by atoms with van der Waals surface area (Å²) in [7, 11) is 0. The second kappa shape index (κ2) is 11.2. The largest absolute Gasteiger partial charge is 0.379 e. The van der Waals surface area contributed by atoms with Crippen LogP contribution >= 0.6 is 22.9 Å². The fourth-order valence-electron chi connectivity index (χ4n) is 2.90. The lowest BCUT2D eigenvalue weighted by Crippen LogP contribution is -2.22. The van der Waals surface area contributed by atoms with Crippen molar-refractivity contribution >= 4 is 28.8 Å². The summed E-state index contributed by atoms with van der Waals surface area (Å²) >= 11 is 7.44. The first kappa shape index (κ1) is 22.4. The number of carbonyl (C=O) groups is 1. The van der Waals surface area contributed by atoms with E-state index in [0.29, 0.717) is 48.6 Å². The molecule has 3 rings (SSSR count). The molecular weight excluding hydrogens is 420 g/mol. The van der Waals surface area contributed by atoms with E-state index in [2.05, 4.69) is 10.3 Å².